The van der Waals surface area contributed by atoms with E-state index in [0.29, 0.717) is 6.54 Å². The van der Waals surface area contributed by atoms with Crippen LogP contribution in [0.15, 0.2) is 12.7 Å². The fraction of sp³-hybridized carbons (Fsp3) is 0.500. The Balaban J connectivity index is 3.62. The number of nitrogens with one attached hydrogen (secondary N) is 1. The SMILES string of the molecule is C=CC(=O)NCC(C)C(C)=O. The Kier molecular flexibility index (Phi) is 4.18. The van der Waals surface area contributed by atoms with Gasteiger partial charge in [-0.05, 0) is 13.0 Å². The highest BCUT2D eigenvalue weighted by Crippen LogP contribution is 1.92. The summed E-state index contributed by atoms with van der Waals surface area (Å²) >= 11 is 0. The van der Waals surface area contributed by atoms with Crippen LogP contribution in [0.2, 0.25) is 0 Å². The molecule has 1 amide bonds. The molecule has 0 saturated carbocycles. The number of carbonyl (C=O) groups excluding carboxylic acids is 2. The molecule has 1 atom stereocenters. The van der Waals surface area contributed by atoms with Crippen LogP contribution >= 0.6 is 0 Å². The lowest BCUT2D eigenvalue weighted by molar-refractivity contribution is -0.120. The molecule has 0 rings (SSSR count). The molecule has 0 heterocycles. The smallest absolute Gasteiger partial charge is 0.243 e. The van der Waals surface area contributed by atoms with Gasteiger partial charge in [0, 0.05) is 12.5 Å². The summed E-state index contributed by atoms with van der Waals surface area (Å²) < 4.78 is 0. The lowest BCUT2D eigenvalue weighted by atomic mass is 10.1. The number of ketones is 1. The van der Waals surface area contributed by atoms with Gasteiger partial charge in [0.05, 0.1) is 0 Å². The fourth-order valence-electron chi connectivity index (χ4n) is 0.470. The molecule has 0 aromatic heterocycles. The summed E-state index contributed by atoms with van der Waals surface area (Å²) in [6.07, 6.45) is 1.19. The summed E-state index contributed by atoms with van der Waals surface area (Å²) in [6, 6.07) is 0. The predicted octanol–water partition coefficient (Wildman–Crippen LogP) is 0.514. The molecule has 3 nitrogen and oxygen atoms in total. The van der Waals surface area contributed by atoms with Gasteiger partial charge in [-0.3, -0.25) is 9.59 Å². The van der Waals surface area contributed by atoms with Gasteiger partial charge in [0.25, 0.3) is 0 Å². The van der Waals surface area contributed by atoms with Crippen LogP contribution in [0.4, 0.5) is 0 Å². The van der Waals surface area contributed by atoms with Gasteiger partial charge in [-0.25, -0.2) is 0 Å². The summed E-state index contributed by atoms with van der Waals surface area (Å²) in [5.41, 5.74) is 0. The Morgan fingerprint density at radius 1 is 1.64 bits per heavy atom. The van der Waals surface area contributed by atoms with E-state index in [0.717, 1.165) is 0 Å². The van der Waals surface area contributed by atoms with E-state index >= 15 is 0 Å². The first-order valence-electron chi connectivity index (χ1n) is 3.48. The Morgan fingerprint density at radius 2 is 2.18 bits per heavy atom. The number of rotatable bonds is 4. The molecule has 62 valence electrons. The molecule has 0 aromatic carbocycles. The molecule has 0 aliphatic carbocycles. The first-order chi connectivity index (χ1) is 5.07. The molecular weight excluding hydrogens is 142 g/mol. The Labute approximate surface area is 66.5 Å². The van der Waals surface area contributed by atoms with Crippen molar-refractivity contribution in [1.29, 1.82) is 0 Å². The van der Waals surface area contributed by atoms with Crippen LogP contribution in [-0.2, 0) is 9.59 Å². The number of hydrogen-bond donors (Lipinski definition) is 1. The van der Waals surface area contributed by atoms with Gasteiger partial charge in [-0.15, -0.1) is 0 Å². The van der Waals surface area contributed by atoms with Crippen molar-refractivity contribution < 1.29 is 9.59 Å². The van der Waals surface area contributed by atoms with E-state index < -0.39 is 0 Å². The average Bonchev–Trinajstić information content (AvgIpc) is 1.99. The quantitative estimate of drug-likeness (QED) is 0.601. The topological polar surface area (TPSA) is 46.2 Å². The first kappa shape index (κ1) is 9.88. The normalized spacial score (nSPS) is 11.8. The number of amides is 1. The minimum absolute atomic E-state index is 0.0781. The van der Waals surface area contributed by atoms with Crippen molar-refractivity contribution in [2.45, 2.75) is 13.8 Å². The first-order valence-corrected chi connectivity index (χ1v) is 3.48. The van der Waals surface area contributed by atoms with Crippen LogP contribution in [0.3, 0.4) is 0 Å². The minimum Gasteiger partial charge on any atom is -0.352 e. The zero-order valence-electron chi connectivity index (χ0n) is 6.89. The van der Waals surface area contributed by atoms with Crippen LogP contribution < -0.4 is 5.32 Å². The third kappa shape index (κ3) is 4.31. The van der Waals surface area contributed by atoms with E-state index in [2.05, 4.69) is 11.9 Å². The molecule has 0 fully saturated rings. The highest BCUT2D eigenvalue weighted by Gasteiger charge is 2.06. The molecule has 0 aliphatic rings. The van der Waals surface area contributed by atoms with Crippen LogP contribution in [0.5, 0.6) is 0 Å². The van der Waals surface area contributed by atoms with Gasteiger partial charge < -0.3 is 5.32 Å². The Hall–Kier alpha value is -1.12. The van der Waals surface area contributed by atoms with Crippen molar-refractivity contribution in [2.24, 2.45) is 5.92 Å². The van der Waals surface area contributed by atoms with Crippen molar-refractivity contribution >= 4 is 11.7 Å². The van der Waals surface area contributed by atoms with Crippen molar-refractivity contribution in [2.75, 3.05) is 6.54 Å². The average molecular weight is 155 g/mol. The summed E-state index contributed by atoms with van der Waals surface area (Å²) in [5, 5.41) is 2.54. The maximum absolute atomic E-state index is 10.7. The van der Waals surface area contributed by atoms with Crippen LogP contribution in [0.1, 0.15) is 13.8 Å². The molecule has 0 radical (unpaired) electrons. The zero-order chi connectivity index (χ0) is 8.85. The van der Waals surface area contributed by atoms with Crippen LogP contribution in [0, 0.1) is 5.92 Å². The van der Waals surface area contributed by atoms with E-state index in [9.17, 15) is 9.59 Å². The van der Waals surface area contributed by atoms with Crippen LogP contribution in [0.25, 0.3) is 0 Å². The lowest BCUT2D eigenvalue weighted by Gasteiger charge is -2.06. The third-order valence-electron chi connectivity index (χ3n) is 1.46. The largest absolute Gasteiger partial charge is 0.352 e. The Morgan fingerprint density at radius 3 is 2.55 bits per heavy atom. The molecular formula is C8H13NO2. The van der Waals surface area contributed by atoms with Crippen molar-refractivity contribution in [3.05, 3.63) is 12.7 Å². The molecule has 0 spiro atoms. The van der Waals surface area contributed by atoms with Gasteiger partial charge >= 0.3 is 0 Å². The van der Waals surface area contributed by atoms with Crippen molar-refractivity contribution in [3.63, 3.8) is 0 Å². The monoisotopic (exact) mass is 155 g/mol. The van der Waals surface area contributed by atoms with E-state index in [-0.39, 0.29) is 17.6 Å². The molecule has 0 aromatic rings. The van der Waals surface area contributed by atoms with E-state index in [1.807, 2.05) is 0 Å². The summed E-state index contributed by atoms with van der Waals surface area (Å²) in [5.74, 6) is -0.272. The molecule has 11 heavy (non-hydrogen) atoms. The lowest BCUT2D eigenvalue weighted by Crippen LogP contribution is -2.29. The number of hydrogen-bond acceptors (Lipinski definition) is 2. The standard InChI is InChI=1S/C8H13NO2/c1-4-8(11)9-5-6(2)7(3)10/h4,6H,1,5H2,2-3H3,(H,9,11). The molecule has 0 saturated heterocycles. The summed E-state index contributed by atoms with van der Waals surface area (Å²) in [7, 11) is 0. The molecule has 1 N–H and O–H groups in total. The van der Waals surface area contributed by atoms with E-state index in [1.54, 1.807) is 6.92 Å². The zero-order valence-corrected chi connectivity index (χ0v) is 6.89. The third-order valence-corrected chi connectivity index (χ3v) is 1.46. The maximum Gasteiger partial charge on any atom is 0.243 e. The maximum atomic E-state index is 10.7. The fourth-order valence-corrected chi connectivity index (χ4v) is 0.470. The van der Waals surface area contributed by atoms with Gasteiger partial charge in [-0.1, -0.05) is 13.5 Å². The molecule has 0 aliphatic heterocycles. The van der Waals surface area contributed by atoms with E-state index in [4.69, 9.17) is 0 Å². The summed E-state index contributed by atoms with van der Waals surface area (Å²) in [6.45, 7) is 6.95. The number of carbonyl (C=O) groups is 2. The molecule has 3 heteroatoms. The van der Waals surface area contributed by atoms with Gasteiger partial charge in [0.1, 0.15) is 5.78 Å². The number of Topliss-reactive ketones (excluding diaryl/α,β-unsaturated/α-hetero) is 1. The van der Waals surface area contributed by atoms with Gasteiger partial charge in [0.15, 0.2) is 0 Å². The molecule has 0 bridgehead atoms. The van der Waals surface area contributed by atoms with Gasteiger partial charge in [0.2, 0.25) is 5.91 Å². The van der Waals surface area contributed by atoms with E-state index in [1.165, 1.54) is 13.0 Å². The second kappa shape index (κ2) is 4.66. The minimum atomic E-state index is -0.238. The Bertz CT molecular complexity index is 175. The second-order valence-electron chi connectivity index (χ2n) is 2.46. The highest BCUT2D eigenvalue weighted by atomic mass is 16.1. The second-order valence-corrected chi connectivity index (χ2v) is 2.46. The summed E-state index contributed by atoms with van der Waals surface area (Å²) in [4.78, 5) is 21.3. The van der Waals surface area contributed by atoms with Crippen LogP contribution in [-0.4, -0.2) is 18.2 Å². The molecule has 1 unspecified atom stereocenters. The van der Waals surface area contributed by atoms with Crippen molar-refractivity contribution in [1.82, 2.24) is 5.32 Å². The predicted molar refractivity (Wildman–Crippen MR) is 43.1 cm³/mol. The highest BCUT2D eigenvalue weighted by molar-refractivity contribution is 5.87. The van der Waals surface area contributed by atoms with Gasteiger partial charge in [-0.2, -0.15) is 0 Å². The van der Waals surface area contributed by atoms with Crippen molar-refractivity contribution in [3.8, 4) is 0 Å².